The smallest absolute Gasteiger partial charge is 0.324 e. The van der Waals surface area contributed by atoms with Crippen molar-refractivity contribution in [1.82, 2.24) is 0 Å². The van der Waals surface area contributed by atoms with Crippen LogP contribution in [0, 0.1) is 5.92 Å². The minimum Gasteiger partial charge on any atom is -0.468 e. The molecule has 1 aliphatic rings. The van der Waals surface area contributed by atoms with Crippen molar-refractivity contribution < 1.29 is 26.4 Å². The fourth-order valence-electron chi connectivity index (χ4n) is 1.54. The van der Waals surface area contributed by atoms with Gasteiger partial charge in [0.05, 0.1) is 18.6 Å². The van der Waals surface area contributed by atoms with E-state index >= 15 is 0 Å². The summed E-state index contributed by atoms with van der Waals surface area (Å²) in [6, 6.07) is 0. The van der Waals surface area contributed by atoms with Crippen LogP contribution in [0.15, 0.2) is 0 Å². The van der Waals surface area contributed by atoms with Gasteiger partial charge in [-0.3, -0.25) is 4.79 Å². The molecule has 1 aliphatic carbocycles. The van der Waals surface area contributed by atoms with Gasteiger partial charge < -0.3 is 4.74 Å². The highest BCUT2D eigenvalue weighted by Gasteiger charge is 2.45. The van der Waals surface area contributed by atoms with Crippen LogP contribution in [0.5, 0.6) is 0 Å². The summed E-state index contributed by atoms with van der Waals surface area (Å²) in [5, 5.41) is -1.20. The molecule has 0 saturated heterocycles. The third-order valence-electron chi connectivity index (χ3n) is 2.61. The zero-order valence-electron chi connectivity index (χ0n) is 9.75. The summed E-state index contributed by atoms with van der Waals surface area (Å²) < 4.78 is 50.1. The maximum absolute atomic E-state index is 11.9. The van der Waals surface area contributed by atoms with Crippen LogP contribution in [-0.4, -0.2) is 52.9 Å². The molecule has 0 aliphatic heterocycles. The topological polar surface area (TPSA) is 94.6 Å². The SMILES string of the molecule is COC(=O)C(C1CC1)S(=O)(=O)CCS(C)(=O)=O. The minimum absolute atomic E-state index is 0.216. The van der Waals surface area contributed by atoms with Gasteiger partial charge in [0.2, 0.25) is 0 Å². The number of carbonyl (C=O) groups excluding carboxylic acids is 1. The number of hydrogen-bond acceptors (Lipinski definition) is 6. The van der Waals surface area contributed by atoms with E-state index in [2.05, 4.69) is 4.74 Å². The molecular weight excluding hydrogens is 268 g/mol. The first kappa shape index (κ1) is 14.4. The van der Waals surface area contributed by atoms with E-state index in [1.807, 2.05) is 0 Å². The number of ether oxygens (including phenoxy) is 1. The molecule has 1 rings (SSSR count). The largest absolute Gasteiger partial charge is 0.468 e. The summed E-state index contributed by atoms with van der Waals surface area (Å²) in [5.74, 6) is -1.99. The van der Waals surface area contributed by atoms with E-state index in [0.717, 1.165) is 13.4 Å². The van der Waals surface area contributed by atoms with Crippen LogP contribution in [0.25, 0.3) is 0 Å². The van der Waals surface area contributed by atoms with E-state index in [1.165, 1.54) is 0 Å². The Morgan fingerprint density at radius 3 is 2.12 bits per heavy atom. The van der Waals surface area contributed by atoms with Crippen molar-refractivity contribution in [1.29, 1.82) is 0 Å². The molecule has 0 spiro atoms. The normalized spacial score (nSPS) is 18.7. The second-order valence-electron chi connectivity index (χ2n) is 4.28. The van der Waals surface area contributed by atoms with Gasteiger partial charge >= 0.3 is 5.97 Å². The maximum atomic E-state index is 11.9. The van der Waals surface area contributed by atoms with Gasteiger partial charge in [0.15, 0.2) is 15.1 Å². The summed E-state index contributed by atoms with van der Waals surface area (Å²) in [6.45, 7) is 0. The quantitative estimate of drug-likeness (QED) is 0.604. The number of rotatable bonds is 6. The van der Waals surface area contributed by atoms with Gasteiger partial charge in [0.25, 0.3) is 0 Å². The highest BCUT2D eigenvalue weighted by Crippen LogP contribution is 2.37. The number of hydrogen-bond donors (Lipinski definition) is 0. The molecule has 1 fully saturated rings. The Labute approximate surface area is 101 Å². The third kappa shape index (κ3) is 4.27. The molecule has 100 valence electrons. The molecule has 17 heavy (non-hydrogen) atoms. The van der Waals surface area contributed by atoms with Gasteiger partial charge in [-0.25, -0.2) is 16.8 Å². The molecule has 0 radical (unpaired) electrons. The lowest BCUT2D eigenvalue weighted by molar-refractivity contribution is -0.140. The average Bonchev–Trinajstić information content (AvgIpc) is 2.98. The molecule has 0 N–H and O–H groups in total. The van der Waals surface area contributed by atoms with Gasteiger partial charge in [0, 0.05) is 6.26 Å². The van der Waals surface area contributed by atoms with Crippen LogP contribution in [-0.2, 0) is 29.2 Å². The molecule has 0 aromatic heterocycles. The first-order valence-corrected chi connectivity index (χ1v) is 8.92. The van der Waals surface area contributed by atoms with E-state index < -0.39 is 42.4 Å². The molecule has 0 bridgehead atoms. The molecule has 6 nitrogen and oxygen atoms in total. The van der Waals surface area contributed by atoms with E-state index in [9.17, 15) is 21.6 Å². The van der Waals surface area contributed by atoms with Crippen molar-refractivity contribution in [3.63, 3.8) is 0 Å². The fourth-order valence-corrected chi connectivity index (χ4v) is 5.18. The average molecular weight is 284 g/mol. The van der Waals surface area contributed by atoms with Crippen molar-refractivity contribution >= 4 is 25.6 Å². The third-order valence-corrected chi connectivity index (χ3v) is 5.94. The summed E-state index contributed by atoms with van der Waals surface area (Å²) >= 11 is 0. The lowest BCUT2D eigenvalue weighted by atomic mass is 10.3. The number of carbonyl (C=O) groups is 1. The molecule has 1 unspecified atom stereocenters. The number of sulfone groups is 2. The minimum atomic E-state index is -3.76. The first-order valence-electron chi connectivity index (χ1n) is 5.14. The van der Waals surface area contributed by atoms with Crippen molar-refractivity contribution in [2.24, 2.45) is 5.92 Å². The molecule has 0 aromatic rings. The number of methoxy groups -OCH3 is 1. The Bertz CT molecular complexity index is 486. The predicted molar refractivity (Wildman–Crippen MR) is 62.0 cm³/mol. The fraction of sp³-hybridized carbons (Fsp3) is 0.889. The van der Waals surface area contributed by atoms with Gasteiger partial charge in [0.1, 0.15) is 9.84 Å². The van der Waals surface area contributed by atoms with E-state index in [1.54, 1.807) is 0 Å². The standard InChI is InChI=1S/C9H16O6S2/c1-15-9(10)8(7-3-4-7)17(13,14)6-5-16(2,11)12/h7-8H,3-6H2,1-2H3. The van der Waals surface area contributed by atoms with Crippen molar-refractivity contribution in [3.05, 3.63) is 0 Å². The Morgan fingerprint density at radius 2 is 1.76 bits per heavy atom. The first-order chi connectivity index (χ1) is 7.67. The predicted octanol–water partition coefficient (Wildman–Crippen LogP) is -0.603. The van der Waals surface area contributed by atoms with Crippen molar-refractivity contribution in [2.75, 3.05) is 24.9 Å². The summed E-state index contributed by atoms with van der Waals surface area (Å²) in [4.78, 5) is 11.4. The maximum Gasteiger partial charge on any atom is 0.324 e. The van der Waals surface area contributed by atoms with Gasteiger partial charge in [-0.1, -0.05) is 0 Å². The van der Waals surface area contributed by atoms with E-state index in [4.69, 9.17) is 0 Å². The lowest BCUT2D eigenvalue weighted by Gasteiger charge is -2.14. The monoisotopic (exact) mass is 284 g/mol. The molecule has 1 atom stereocenters. The Hall–Kier alpha value is -0.630. The molecule has 0 amide bonds. The highest BCUT2D eigenvalue weighted by atomic mass is 32.2. The van der Waals surface area contributed by atoms with E-state index in [-0.39, 0.29) is 5.92 Å². The van der Waals surface area contributed by atoms with Gasteiger partial charge in [-0.05, 0) is 18.8 Å². The van der Waals surface area contributed by atoms with Crippen LogP contribution < -0.4 is 0 Å². The van der Waals surface area contributed by atoms with Crippen LogP contribution in [0.2, 0.25) is 0 Å². The summed E-state index contributed by atoms with van der Waals surface area (Å²) in [6.07, 6.45) is 2.29. The lowest BCUT2D eigenvalue weighted by Crippen LogP contribution is -2.36. The van der Waals surface area contributed by atoms with Gasteiger partial charge in [-0.2, -0.15) is 0 Å². The summed E-state index contributed by atoms with van der Waals surface area (Å²) in [5.41, 5.74) is 0. The zero-order chi connectivity index (χ0) is 13.3. The van der Waals surface area contributed by atoms with Gasteiger partial charge in [-0.15, -0.1) is 0 Å². The van der Waals surface area contributed by atoms with Crippen molar-refractivity contribution in [2.45, 2.75) is 18.1 Å². The van der Waals surface area contributed by atoms with Crippen molar-refractivity contribution in [3.8, 4) is 0 Å². The molecule has 8 heteroatoms. The van der Waals surface area contributed by atoms with Crippen LogP contribution in [0.4, 0.5) is 0 Å². The van der Waals surface area contributed by atoms with Crippen LogP contribution >= 0.6 is 0 Å². The van der Waals surface area contributed by atoms with Crippen LogP contribution in [0.1, 0.15) is 12.8 Å². The molecule has 0 aromatic carbocycles. The Morgan fingerprint density at radius 1 is 1.24 bits per heavy atom. The second kappa shape index (κ2) is 4.93. The molecule has 0 heterocycles. The number of esters is 1. The molecule has 1 saturated carbocycles. The second-order valence-corrected chi connectivity index (χ2v) is 8.78. The molecular formula is C9H16O6S2. The van der Waals surface area contributed by atoms with Crippen LogP contribution in [0.3, 0.4) is 0 Å². The summed E-state index contributed by atoms with van der Waals surface area (Å²) in [7, 11) is -5.99. The Balaban J connectivity index is 2.82. The highest BCUT2D eigenvalue weighted by molar-refractivity contribution is 7.95. The zero-order valence-corrected chi connectivity index (χ0v) is 11.4. The Kier molecular flexibility index (Phi) is 4.19. The van der Waals surface area contributed by atoms with E-state index in [0.29, 0.717) is 12.8 Å².